The number of hydrogen-bond donors (Lipinski definition) is 1. The minimum atomic E-state index is -3.71. The van der Waals surface area contributed by atoms with Gasteiger partial charge in [0.25, 0.3) is 0 Å². The zero-order valence-corrected chi connectivity index (χ0v) is 16.8. The Balaban J connectivity index is 1.47. The van der Waals surface area contributed by atoms with E-state index < -0.39 is 56.5 Å². The molecular weight excluding hydrogens is 406 g/mol. The van der Waals surface area contributed by atoms with Gasteiger partial charge in [0.05, 0.1) is 12.6 Å². The first-order chi connectivity index (χ1) is 19.1. The van der Waals surface area contributed by atoms with Crippen LogP contribution in [0.5, 0.6) is 11.5 Å². The average Bonchev–Trinajstić information content (AvgIpc) is 3.52. The standard InChI is InChI=1S/C25H25N3O4/c1-2-3-10-27-13-22(29)28-19(25(27)30)12-17-16-6-4-5-7-18(16)26-23(17)24(28)15-8-9-20-21(11-15)32-14-31-20/h4-9,11,19,24,26H,2-3,10,12-14H2,1H3/t19-,24-/m1/s1/i1D3,2D2,3D2,10D2. The maximum Gasteiger partial charge on any atom is 0.246 e. The van der Waals surface area contributed by atoms with E-state index in [2.05, 4.69) is 4.98 Å². The summed E-state index contributed by atoms with van der Waals surface area (Å²) >= 11 is 0. The van der Waals surface area contributed by atoms with Crippen LogP contribution in [0.1, 0.15) is 54.8 Å². The molecule has 7 nitrogen and oxygen atoms in total. The summed E-state index contributed by atoms with van der Waals surface area (Å²) in [5.74, 6) is -0.697. The lowest BCUT2D eigenvalue weighted by Crippen LogP contribution is -2.63. The Bertz CT molecular complexity index is 1590. The molecule has 2 atom stereocenters. The Morgan fingerprint density at radius 2 is 2.06 bits per heavy atom. The molecular formula is C25H25N3O4. The normalized spacial score (nSPS) is 27.7. The first kappa shape index (κ1) is 11.9. The molecule has 3 aliphatic rings. The van der Waals surface area contributed by atoms with Gasteiger partial charge < -0.3 is 24.3 Å². The number of ether oxygens (including phenoxy) is 2. The van der Waals surface area contributed by atoms with Gasteiger partial charge >= 0.3 is 0 Å². The van der Waals surface area contributed by atoms with E-state index in [9.17, 15) is 9.59 Å². The van der Waals surface area contributed by atoms with Gasteiger partial charge in [-0.1, -0.05) is 37.5 Å². The quantitative estimate of drug-likeness (QED) is 0.675. The van der Waals surface area contributed by atoms with Crippen molar-refractivity contribution in [3.63, 3.8) is 0 Å². The van der Waals surface area contributed by atoms with Crippen molar-refractivity contribution in [2.75, 3.05) is 19.8 Å². The van der Waals surface area contributed by atoms with Crippen molar-refractivity contribution in [1.82, 2.24) is 14.8 Å². The minimum absolute atomic E-state index is 0.0211. The second kappa shape index (κ2) is 7.29. The topological polar surface area (TPSA) is 74.9 Å². The monoisotopic (exact) mass is 440 g/mol. The van der Waals surface area contributed by atoms with E-state index in [0.717, 1.165) is 10.9 Å². The third-order valence-electron chi connectivity index (χ3n) is 6.23. The minimum Gasteiger partial charge on any atom is -0.454 e. The fraction of sp³-hybridized carbons (Fsp3) is 0.360. The maximum atomic E-state index is 14.0. The number of nitrogens with zero attached hydrogens (tertiary/aromatic N) is 2. The first-order valence-electron chi connectivity index (χ1n) is 14.7. The highest BCUT2D eigenvalue weighted by Crippen LogP contribution is 2.44. The lowest BCUT2D eigenvalue weighted by atomic mass is 9.86. The van der Waals surface area contributed by atoms with E-state index in [4.69, 9.17) is 21.8 Å². The predicted molar refractivity (Wildman–Crippen MR) is 119 cm³/mol. The second-order valence-electron chi connectivity index (χ2n) is 7.89. The molecule has 2 aromatic carbocycles. The molecule has 0 saturated carbocycles. The van der Waals surface area contributed by atoms with Crippen molar-refractivity contribution >= 4 is 22.7 Å². The summed E-state index contributed by atoms with van der Waals surface area (Å²) in [6, 6.07) is 10.4. The number of amides is 2. The van der Waals surface area contributed by atoms with Gasteiger partial charge in [0.15, 0.2) is 11.5 Å². The Hall–Kier alpha value is -3.48. The third kappa shape index (κ3) is 2.80. The van der Waals surface area contributed by atoms with E-state index in [1.54, 1.807) is 18.2 Å². The summed E-state index contributed by atoms with van der Waals surface area (Å²) < 4.78 is 82.9. The molecule has 32 heavy (non-hydrogen) atoms. The Morgan fingerprint density at radius 3 is 2.97 bits per heavy atom. The van der Waals surface area contributed by atoms with Crippen LogP contribution in [0.15, 0.2) is 42.5 Å². The number of aromatic amines is 1. The summed E-state index contributed by atoms with van der Waals surface area (Å²) in [6.07, 6.45) is -7.41. The van der Waals surface area contributed by atoms with Crippen LogP contribution in [-0.4, -0.2) is 52.5 Å². The Labute approximate surface area is 198 Å². The van der Waals surface area contributed by atoms with Gasteiger partial charge in [-0.15, -0.1) is 0 Å². The molecule has 6 rings (SSSR count). The second-order valence-corrected chi connectivity index (χ2v) is 7.89. The van der Waals surface area contributed by atoms with Gasteiger partial charge in [-0.3, -0.25) is 9.59 Å². The Kier molecular flexibility index (Phi) is 2.72. The number of para-hydroxylation sites is 1. The van der Waals surface area contributed by atoms with Crippen molar-refractivity contribution in [2.24, 2.45) is 0 Å². The SMILES string of the molecule is [2H]C([2H])([2H])C([2H])([2H])C([2H])([2H])C([2H])([2H])N1CC(=O)N2[C@H](c3ccc4c(c3)OCO4)c3[nH]c4ccccc4c3C[C@@H]2C1=O. The van der Waals surface area contributed by atoms with Gasteiger partial charge in [0, 0.05) is 41.9 Å². The van der Waals surface area contributed by atoms with Gasteiger partial charge in [-0.25, -0.2) is 0 Å². The highest BCUT2D eigenvalue weighted by molar-refractivity contribution is 5.97. The zero-order chi connectivity index (χ0) is 29.7. The molecule has 4 heterocycles. The van der Waals surface area contributed by atoms with Crippen LogP contribution in [0.4, 0.5) is 0 Å². The summed E-state index contributed by atoms with van der Waals surface area (Å²) in [5, 5.41) is 0.794. The fourth-order valence-corrected chi connectivity index (χ4v) is 4.88. The van der Waals surface area contributed by atoms with Gasteiger partial charge in [-0.05, 0) is 35.7 Å². The van der Waals surface area contributed by atoms with Crippen molar-refractivity contribution in [2.45, 2.75) is 38.1 Å². The third-order valence-corrected chi connectivity index (χ3v) is 6.23. The molecule has 1 aromatic heterocycles. The fourth-order valence-electron chi connectivity index (χ4n) is 4.88. The van der Waals surface area contributed by atoms with Crippen LogP contribution >= 0.6 is 0 Å². The van der Waals surface area contributed by atoms with E-state index in [1.165, 1.54) is 4.90 Å². The summed E-state index contributed by atoms with van der Waals surface area (Å²) in [5.41, 5.74) is 2.73. The van der Waals surface area contributed by atoms with E-state index in [0.29, 0.717) is 33.2 Å². The number of H-pyrrole nitrogens is 1. The van der Waals surface area contributed by atoms with Gasteiger partial charge in [-0.2, -0.15) is 0 Å². The van der Waals surface area contributed by atoms with Gasteiger partial charge in [0.1, 0.15) is 6.04 Å². The highest BCUT2D eigenvalue weighted by Gasteiger charge is 2.48. The van der Waals surface area contributed by atoms with Crippen LogP contribution in [0.25, 0.3) is 10.9 Å². The van der Waals surface area contributed by atoms with E-state index >= 15 is 0 Å². The van der Waals surface area contributed by atoms with Crippen molar-refractivity contribution in [1.29, 1.82) is 0 Å². The molecule has 0 spiro atoms. The van der Waals surface area contributed by atoms with Crippen LogP contribution < -0.4 is 9.47 Å². The summed E-state index contributed by atoms with van der Waals surface area (Å²) in [4.78, 5) is 32.9. The lowest BCUT2D eigenvalue weighted by molar-refractivity contribution is -0.158. The number of rotatable bonds is 4. The summed E-state index contributed by atoms with van der Waals surface area (Å²) in [7, 11) is 0. The summed E-state index contributed by atoms with van der Waals surface area (Å²) in [6.45, 7) is -7.93. The molecule has 2 amide bonds. The number of hydrogen-bond acceptors (Lipinski definition) is 4. The molecule has 164 valence electrons. The van der Waals surface area contributed by atoms with Crippen LogP contribution in [0.3, 0.4) is 0 Å². The number of fused-ring (bicyclic) bond motifs is 5. The van der Waals surface area contributed by atoms with Crippen molar-refractivity contribution in [3.05, 3.63) is 59.3 Å². The molecule has 1 saturated heterocycles. The number of carbonyl (C=O) groups is 2. The van der Waals surface area contributed by atoms with Crippen molar-refractivity contribution < 1.29 is 31.4 Å². The molecule has 3 aromatic rings. The lowest BCUT2D eigenvalue weighted by Gasteiger charge is -2.47. The van der Waals surface area contributed by atoms with Gasteiger partial charge in [0.2, 0.25) is 18.6 Å². The van der Waals surface area contributed by atoms with Crippen LogP contribution in [0.2, 0.25) is 0 Å². The zero-order valence-electron chi connectivity index (χ0n) is 25.8. The smallest absolute Gasteiger partial charge is 0.246 e. The van der Waals surface area contributed by atoms with E-state index in [-0.39, 0.29) is 13.2 Å². The molecule has 3 aliphatic heterocycles. The predicted octanol–water partition coefficient (Wildman–Crippen LogP) is 3.38. The number of aromatic nitrogens is 1. The average molecular weight is 441 g/mol. The first-order valence-corrected chi connectivity index (χ1v) is 10.2. The highest BCUT2D eigenvalue weighted by atomic mass is 16.7. The molecule has 0 bridgehead atoms. The Morgan fingerprint density at radius 1 is 1.19 bits per heavy atom. The van der Waals surface area contributed by atoms with Crippen LogP contribution in [0, 0.1) is 0 Å². The molecule has 1 N–H and O–H groups in total. The molecule has 1 fully saturated rings. The maximum absolute atomic E-state index is 14.0. The largest absolute Gasteiger partial charge is 0.454 e. The molecule has 0 unspecified atom stereocenters. The van der Waals surface area contributed by atoms with E-state index in [1.807, 2.05) is 24.3 Å². The number of nitrogens with one attached hydrogen (secondary N) is 1. The van der Waals surface area contributed by atoms with Crippen molar-refractivity contribution in [3.8, 4) is 11.5 Å². The molecule has 7 heteroatoms. The molecule has 0 aliphatic carbocycles. The number of piperazine rings is 1. The number of carbonyl (C=O) groups excluding carboxylic acids is 2. The molecule has 0 radical (unpaired) electrons. The number of benzene rings is 2. The van der Waals surface area contributed by atoms with Crippen LogP contribution in [-0.2, 0) is 16.0 Å².